The highest BCUT2D eigenvalue weighted by molar-refractivity contribution is 5.70. The van der Waals surface area contributed by atoms with E-state index in [0.717, 1.165) is 56.2 Å². The lowest BCUT2D eigenvalue weighted by Gasteiger charge is -2.15. The normalized spacial score (nSPS) is 10.8. The van der Waals surface area contributed by atoms with Gasteiger partial charge in [-0.3, -0.25) is 0 Å². The molecule has 0 aliphatic carbocycles. The van der Waals surface area contributed by atoms with Crippen LogP contribution in [-0.4, -0.2) is 38.4 Å². The third-order valence-corrected chi connectivity index (χ3v) is 4.15. The highest BCUT2D eigenvalue weighted by Gasteiger charge is 2.12. The van der Waals surface area contributed by atoms with Crippen LogP contribution in [0.25, 0.3) is 11.3 Å². The predicted molar refractivity (Wildman–Crippen MR) is 103 cm³/mol. The summed E-state index contributed by atoms with van der Waals surface area (Å²) in [6.45, 7) is 7.48. The summed E-state index contributed by atoms with van der Waals surface area (Å²) in [5.41, 5.74) is 10.3. The summed E-state index contributed by atoms with van der Waals surface area (Å²) in [5.74, 6) is 1.35. The van der Waals surface area contributed by atoms with Crippen LogP contribution in [0.4, 0.5) is 5.82 Å². The topological polar surface area (TPSA) is 69.4 Å². The van der Waals surface area contributed by atoms with Gasteiger partial charge in [-0.1, -0.05) is 13.0 Å². The molecule has 0 radical (unpaired) electrons. The Bertz CT molecular complexity index is 674. The lowest BCUT2D eigenvalue weighted by atomic mass is 9.97. The van der Waals surface area contributed by atoms with E-state index in [4.69, 9.17) is 15.2 Å². The molecule has 5 heteroatoms. The number of nitrogen functional groups attached to an aromatic ring is 1. The number of methoxy groups -OCH3 is 1. The van der Waals surface area contributed by atoms with E-state index >= 15 is 0 Å². The Labute approximate surface area is 150 Å². The molecular formula is C20H29N3O2. The van der Waals surface area contributed by atoms with E-state index in [0.29, 0.717) is 5.82 Å². The molecule has 0 amide bonds. The average molecular weight is 343 g/mol. The van der Waals surface area contributed by atoms with Gasteiger partial charge in [0.15, 0.2) is 0 Å². The van der Waals surface area contributed by atoms with Crippen molar-refractivity contribution in [2.75, 3.05) is 39.1 Å². The van der Waals surface area contributed by atoms with Crippen molar-refractivity contribution >= 4 is 5.82 Å². The lowest BCUT2D eigenvalue weighted by molar-refractivity contribution is 0.149. The SMILES string of the molecule is CCOCCNCCc1cc(OC)c(-c2cccc(N)n2)cc1CC. The van der Waals surface area contributed by atoms with E-state index in [9.17, 15) is 0 Å². The first-order chi connectivity index (χ1) is 12.2. The molecule has 0 aliphatic heterocycles. The minimum absolute atomic E-state index is 0.514. The molecule has 0 bridgehead atoms. The van der Waals surface area contributed by atoms with Gasteiger partial charge in [0.05, 0.1) is 19.4 Å². The summed E-state index contributed by atoms with van der Waals surface area (Å²) in [4.78, 5) is 4.43. The van der Waals surface area contributed by atoms with Crippen molar-refractivity contribution < 1.29 is 9.47 Å². The van der Waals surface area contributed by atoms with Crippen LogP contribution < -0.4 is 15.8 Å². The summed E-state index contributed by atoms with van der Waals surface area (Å²) in [6.07, 6.45) is 1.92. The Hall–Kier alpha value is -2.11. The fraction of sp³-hybridized carbons (Fsp3) is 0.450. The Morgan fingerprint density at radius 1 is 1.12 bits per heavy atom. The number of nitrogens with two attached hydrogens (primary N) is 1. The smallest absolute Gasteiger partial charge is 0.128 e. The van der Waals surface area contributed by atoms with E-state index in [1.807, 2.05) is 19.1 Å². The second kappa shape index (κ2) is 10.0. The highest BCUT2D eigenvalue weighted by Crippen LogP contribution is 2.32. The number of hydrogen-bond donors (Lipinski definition) is 2. The van der Waals surface area contributed by atoms with Gasteiger partial charge in [-0.05, 0) is 61.7 Å². The van der Waals surface area contributed by atoms with E-state index < -0.39 is 0 Å². The first-order valence-electron chi connectivity index (χ1n) is 8.90. The van der Waals surface area contributed by atoms with Gasteiger partial charge in [0, 0.05) is 18.7 Å². The number of nitrogens with zero attached hydrogens (tertiary/aromatic N) is 1. The van der Waals surface area contributed by atoms with Crippen molar-refractivity contribution in [2.45, 2.75) is 26.7 Å². The average Bonchev–Trinajstić information content (AvgIpc) is 2.64. The summed E-state index contributed by atoms with van der Waals surface area (Å²) >= 11 is 0. The van der Waals surface area contributed by atoms with Crippen LogP contribution in [0, 0.1) is 0 Å². The second-order valence-corrected chi connectivity index (χ2v) is 5.82. The molecule has 2 rings (SSSR count). The molecule has 3 N–H and O–H groups in total. The molecule has 1 heterocycles. The summed E-state index contributed by atoms with van der Waals surface area (Å²) in [5, 5.41) is 3.42. The Morgan fingerprint density at radius 3 is 2.64 bits per heavy atom. The maximum atomic E-state index is 5.83. The fourth-order valence-electron chi connectivity index (χ4n) is 2.84. The fourth-order valence-corrected chi connectivity index (χ4v) is 2.84. The maximum absolute atomic E-state index is 5.83. The highest BCUT2D eigenvalue weighted by atomic mass is 16.5. The van der Waals surface area contributed by atoms with E-state index in [-0.39, 0.29) is 0 Å². The number of ether oxygens (including phenoxy) is 2. The predicted octanol–water partition coefficient (Wildman–Crippen LogP) is 3.07. The van der Waals surface area contributed by atoms with E-state index in [2.05, 4.69) is 29.4 Å². The molecule has 2 aromatic rings. The molecular weight excluding hydrogens is 314 g/mol. The minimum atomic E-state index is 0.514. The Balaban J connectivity index is 2.16. The van der Waals surface area contributed by atoms with Gasteiger partial charge in [-0.25, -0.2) is 4.98 Å². The van der Waals surface area contributed by atoms with Crippen molar-refractivity contribution in [3.8, 4) is 17.0 Å². The maximum Gasteiger partial charge on any atom is 0.128 e. The molecule has 0 unspecified atom stereocenters. The molecule has 0 aliphatic rings. The third kappa shape index (κ3) is 5.44. The van der Waals surface area contributed by atoms with Crippen LogP contribution in [0.3, 0.4) is 0 Å². The second-order valence-electron chi connectivity index (χ2n) is 5.82. The van der Waals surface area contributed by atoms with Gasteiger partial charge in [0.25, 0.3) is 0 Å². The van der Waals surface area contributed by atoms with Crippen molar-refractivity contribution in [1.82, 2.24) is 10.3 Å². The van der Waals surface area contributed by atoms with Gasteiger partial charge in [0.2, 0.25) is 0 Å². The van der Waals surface area contributed by atoms with Crippen LogP contribution >= 0.6 is 0 Å². The van der Waals surface area contributed by atoms with Gasteiger partial charge in [0.1, 0.15) is 11.6 Å². The van der Waals surface area contributed by atoms with Crippen LogP contribution in [0.2, 0.25) is 0 Å². The number of hydrogen-bond acceptors (Lipinski definition) is 5. The largest absolute Gasteiger partial charge is 0.496 e. The number of aryl methyl sites for hydroxylation is 1. The summed E-state index contributed by atoms with van der Waals surface area (Å²) < 4.78 is 11.0. The minimum Gasteiger partial charge on any atom is -0.496 e. The zero-order chi connectivity index (χ0) is 18.1. The van der Waals surface area contributed by atoms with Gasteiger partial charge >= 0.3 is 0 Å². The van der Waals surface area contributed by atoms with Gasteiger partial charge in [-0.2, -0.15) is 0 Å². The van der Waals surface area contributed by atoms with Crippen LogP contribution in [0.1, 0.15) is 25.0 Å². The first-order valence-corrected chi connectivity index (χ1v) is 8.90. The Morgan fingerprint density at radius 2 is 1.96 bits per heavy atom. The third-order valence-electron chi connectivity index (χ3n) is 4.15. The number of pyridine rings is 1. The number of benzene rings is 1. The standard InChI is InChI=1S/C20H29N3O2/c1-4-15-13-17(18-7-6-8-20(21)23-18)19(24-3)14-16(15)9-10-22-11-12-25-5-2/h6-8,13-14,22H,4-5,9-12H2,1-3H3,(H2,21,23). The number of aromatic nitrogens is 1. The number of anilines is 1. The lowest BCUT2D eigenvalue weighted by Crippen LogP contribution is -2.22. The van der Waals surface area contributed by atoms with Crippen molar-refractivity contribution in [2.24, 2.45) is 0 Å². The monoisotopic (exact) mass is 343 g/mol. The van der Waals surface area contributed by atoms with Gasteiger partial charge in [-0.15, -0.1) is 0 Å². The molecule has 136 valence electrons. The zero-order valence-electron chi connectivity index (χ0n) is 15.5. The Kier molecular flexibility index (Phi) is 7.70. The first kappa shape index (κ1) is 19.2. The van der Waals surface area contributed by atoms with Crippen LogP contribution in [0.15, 0.2) is 30.3 Å². The molecule has 5 nitrogen and oxygen atoms in total. The number of rotatable bonds is 10. The zero-order valence-corrected chi connectivity index (χ0v) is 15.5. The molecule has 0 fully saturated rings. The van der Waals surface area contributed by atoms with Crippen LogP contribution in [-0.2, 0) is 17.6 Å². The molecule has 1 aromatic carbocycles. The quantitative estimate of drug-likeness (QED) is 0.649. The summed E-state index contributed by atoms with van der Waals surface area (Å²) in [7, 11) is 1.70. The molecule has 0 spiro atoms. The van der Waals surface area contributed by atoms with Crippen LogP contribution in [0.5, 0.6) is 5.75 Å². The molecule has 0 saturated carbocycles. The molecule has 0 saturated heterocycles. The van der Waals surface area contributed by atoms with Crippen molar-refractivity contribution in [1.29, 1.82) is 0 Å². The van der Waals surface area contributed by atoms with Gasteiger partial charge < -0.3 is 20.5 Å². The summed E-state index contributed by atoms with van der Waals surface area (Å²) in [6, 6.07) is 9.97. The van der Waals surface area contributed by atoms with E-state index in [1.54, 1.807) is 13.2 Å². The molecule has 25 heavy (non-hydrogen) atoms. The van der Waals surface area contributed by atoms with Crippen molar-refractivity contribution in [3.63, 3.8) is 0 Å². The molecule has 1 aromatic heterocycles. The van der Waals surface area contributed by atoms with E-state index in [1.165, 1.54) is 11.1 Å². The number of nitrogens with one attached hydrogen (secondary N) is 1. The molecule has 0 atom stereocenters. The van der Waals surface area contributed by atoms with Crippen molar-refractivity contribution in [3.05, 3.63) is 41.5 Å².